The van der Waals surface area contributed by atoms with E-state index in [2.05, 4.69) is 32.3 Å². The molecule has 0 unspecified atom stereocenters. The normalized spacial score (nSPS) is 14.6. The highest BCUT2D eigenvalue weighted by molar-refractivity contribution is 14.0. The molecule has 3 rings (SSSR count). The molecule has 27 heavy (non-hydrogen) atoms. The van der Waals surface area contributed by atoms with Crippen molar-refractivity contribution in [3.05, 3.63) is 54.4 Å². The maximum atomic E-state index is 12.0. The standard InChI is InChI=1S/C20H27N5O.HI/c1-21-20(22-11-15-24-12-4-5-13-24)23-16-17-7-9-18(10-8-17)25-14-3-2-6-19(25)26;/h4-5,7-10,12-13H,2-3,6,11,14-16H2,1H3,(H2,21,22,23);1H. The van der Waals surface area contributed by atoms with Gasteiger partial charge in [-0.15, -0.1) is 24.0 Å². The lowest BCUT2D eigenvalue weighted by Gasteiger charge is -2.26. The van der Waals surface area contributed by atoms with Gasteiger partial charge in [0.25, 0.3) is 0 Å². The number of carbonyl (C=O) groups excluding carboxylic acids is 1. The predicted molar refractivity (Wildman–Crippen MR) is 121 cm³/mol. The van der Waals surface area contributed by atoms with E-state index in [-0.39, 0.29) is 29.9 Å². The first kappa shape index (κ1) is 21.3. The predicted octanol–water partition coefficient (Wildman–Crippen LogP) is 2.99. The Balaban J connectivity index is 0.00000261. The van der Waals surface area contributed by atoms with Gasteiger partial charge in [-0.3, -0.25) is 9.79 Å². The number of nitrogens with zero attached hydrogens (tertiary/aromatic N) is 3. The van der Waals surface area contributed by atoms with Crippen molar-refractivity contribution in [3.63, 3.8) is 0 Å². The van der Waals surface area contributed by atoms with Crippen LogP contribution in [-0.4, -0.2) is 36.6 Å². The van der Waals surface area contributed by atoms with Crippen molar-refractivity contribution >= 4 is 41.5 Å². The van der Waals surface area contributed by atoms with Crippen LogP contribution in [0.3, 0.4) is 0 Å². The zero-order valence-corrected chi connectivity index (χ0v) is 18.1. The van der Waals surface area contributed by atoms with Gasteiger partial charge >= 0.3 is 0 Å². The number of amides is 1. The summed E-state index contributed by atoms with van der Waals surface area (Å²) >= 11 is 0. The molecule has 0 bridgehead atoms. The lowest BCUT2D eigenvalue weighted by molar-refractivity contribution is -0.119. The number of carbonyl (C=O) groups is 1. The summed E-state index contributed by atoms with van der Waals surface area (Å²) in [7, 11) is 1.77. The molecule has 1 aliphatic heterocycles. The highest BCUT2D eigenvalue weighted by atomic mass is 127. The molecule has 1 amide bonds. The van der Waals surface area contributed by atoms with Crippen molar-refractivity contribution in [2.75, 3.05) is 25.0 Å². The lowest BCUT2D eigenvalue weighted by atomic mass is 10.1. The molecule has 2 heterocycles. The van der Waals surface area contributed by atoms with Crippen LogP contribution in [0.2, 0.25) is 0 Å². The smallest absolute Gasteiger partial charge is 0.226 e. The van der Waals surface area contributed by atoms with Gasteiger partial charge in [-0.25, -0.2) is 0 Å². The van der Waals surface area contributed by atoms with Gasteiger partial charge in [0.15, 0.2) is 5.96 Å². The number of guanidine groups is 1. The zero-order chi connectivity index (χ0) is 18.2. The van der Waals surface area contributed by atoms with E-state index in [1.54, 1.807) is 7.05 Å². The highest BCUT2D eigenvalue weighted by Crippen LogP contribution is 2.21. The molecule has 1 saturated heterocycles. The van der Waals surface area contributed by atoms with Gasteiger partial charge in [0, 0.05) is 57.7 Å². The van der Waals surface area contributed by atoms with Crippen LogP contribution in [0.1, 0.15) is 24.8 Å². The first-order valence-corrected chi connectivity index (χ1v) is 9.21. The largest absolute Gasteiger partial charge is 0.355 e. The van der Waals surface area contributed by atoms with Gasteiger partial charge in [-0.1, -0.05) is 12.1 Å². The zero-order valence-electron chi connectivity index (χ0n) is 15.7. The third-order valence-corrected chi connectivity index (χ3v) is 4.58. The van der Waals surface area contributed by atoms with E-state index in [0.29, 0.717) is 13.0 Å². The van der Waals surface area contributed by atoms with E-state index in [0.717, 1.165) is 49.7 Å². The third-order valence-electron chi connectivity index (χ3n) is 4.58. The quantitative estimate of drug-likeness (QED) is 0.379. The molecular weight excluding hydrogens is 453 g/mol. The SMILES string of the molecule is CN=C(NCCn1cccc1)NCc1ccc(N2CCCCC2=O)cc1.I. The minimum absolute atomic E-state index is 0. The Labute approximate surface area is 178 Å². The van der Waals surface area contributed by atoms with Crippen LogP contribution in [0.4, 0.5) is 5.69 Å². The van der Waals surface area contributed by atoms with Gasteiger partial charge in [0.1, 0.15) is 0 Å². The Hall–Kier alpha value is -2.03. The molecule has 1 aliphatic rings. The second-order valence-electron chi connectivity index (χ2n) is 6.44. The van der Waals surface area contributed by atoms with E-state index in [4.69, 9.17) is 0 Å². The molecule has 7 heteroatoms. The first-order chi connectivity index (χ1) is 12.8. The molecule has 2 aromatic rings. The summed E-state index contributed by atoms with van der Waals surface area (Å²) in [6, 6.07) is 12.2. The molecule has 2 N–H and O–H groups in total. The van der Waals surface area contributed by atoms with Gasteiger partial charge in [-0.2, -0.15) is 0 Å². The van der Waals surface area contributed by atoms with Gasteiger partial charge < -0.3 is 20.1 Å². The molecule has 1 fully saturated rings. The van der Waals surface area contributed by atoms with Crippen LogP contribution in [0.15, 0.2) is 53.8 Å². The second kappa shape index (κ2) is 11.0. The monoisotopic (exact) mass is 481 g/mol. The van der Waals surface area contributed by atoms with Gasteiger partial charge in [0.2, 0.25) is 5.91 Å². The fraction of sp³-hybridized carbons (Fsp3) is 0.400. The summed E-state index contributed by atoms with van der Waals surface area (Å²) in [4.78, 5) is 18.2. The molecule has 146 valence electrons. The number of rotatable bonds is 6. The Morgan fingerprint density at radius 1 is 1.11 bits per heavy atom. The topological polar surface area (TPSA) is 61.7 Å². The van der Waals surface area contributed by atoms with Crippen molar-refractivity contribution in [1.29, 1.82) is 0 Å². The van der Waals surface area contributed by atoms with Crippen molar-refractivity contribution in [1.82, 2.24) is 15.2 Å². The van der Waals surface area contributed by atoms with Crippen LogP contribution in [0, 0.1) is 0 Å². The number of benzene rings is 1. The fourth-order valence-corrected chi connectivity index (χ4v) is 3.10. The molecule has 1 aromatic carbocycles. The number of aromatic nitrogens is 1. The third kappa shape index (κ3) is 6.27. The first-order valence-electron chi connectivity index (χ1n) is 9.21. The number of halogens is 1. The van der Waals surface area contributed by atoms with E-state index >= 15 is 0 Å². The average molecular weight is 481 g/mol. The van der Waals surface area contributed by atoms with Gasteiger partial charge in [0.05, 0.1) is 0 Å². The Kier molecular flexibility index (Phi) is 8.63. The van der Waals surface area contributed by atoms with Crippen molar-refractivity contribution in [3.8, 4) is 0 Å². The maximum Gasteiger partial charge on any atom is 0.226 e. The minimum Gasteiger partial charge on any atom is -0.355 e. The molecule has 0 saturated carbocycles. The van der Waals surface area contributed by atoms with Crippen LogP contribution in [0.25, 0.3) is 0 Å². The summed E-state index contributed by atoms with van der Waals surface area (Å²) in [5.74, 6) is 1.02. The summed E-state index contributed by atoms with van der Waals surface area (Å²) in [6.07, 6.45) is 6.85. The maximum absolute atomic E-state index is 12.0. The molecule has 0 spiro atoms. The van der Waals surface area contributed by atoms with Crippen molar-refractivity contribution < 1.29 is 4.79 Å². The van der Waals surface area contributed by atoms with Crippen molar-refractivity contribution in [2.24, 2.45) is 4.99 Å². The number of nitrogens with one attached hydrogen (secondary N) is 2. The second-order valence-corrected chi connectivity index (χ2v) is 6.44. The lowest BCUT2D eigenvalue weighted by Crippen LogP contribution is -2.38. The van der Waals surface area contributed by atoms with Crippen LogP contribution >= 0.6 is 24.0 Å². The van der Waals surface area contributed by atoms with Crippen LogP contribution in [-0.2, 0) is 17.9 Å². The molecule has 0 aliphatic carbocycles. The highest BCUT2D eigenvalue weighted by Gasteiger charge is 2.19. The summed E-state index contributed by atoms with van der Waals surface area (Å²) in [6.45, 7) is 3.22. The Bertz CT molecular complexity index is 727. The van der Waals surface area contributed by atoms with E-state index < -0.39 is 0 Å². The van der Waals surface area contributed by atoms with Crippen molar-refractivity contribution in [2.45, 2.75) is 32.4 Å². The number of aliphatic imine (C=N–C) groups is 1. The van der Waals surface area contributed by atoms with Crippen LogP contribution in [0.5, 0.6) is 0 Å². The summed E-state index contributed by atoms with van der Waals surface area (Å²) in [5, 5.41) is 6.63. The van der Waals surface area contributed by atoms with Crippen LogP contribution < -0.4 is 15.5 Å². The van der Waals surface area contributed by atoms with E-state index in [9.17, 15) is 4.79 Å². The molecule has 0 atom stereocenters. The summed E-state index contributed by atoms with van der Waals surface area (Å²) < 4.78 is 2.13. The van der Waals surface area contributed by atoms with E-state index in [1.807, 2.05) is 41.6 Å². The molecule has 0 radical (unpaired) electrons. The fourth-order valence-electron chi connectivity index (χ4n) is 3.10. The number of piperidine rings is 1. The Morgan fingerprint density at radius 2 is 1.85 bits per heavy atom. The Morgan fingerprint density at radius 3 is 2.52 bits per heavy atom. The molecule has 6 nitrogen and oxygen atoms in total. The summed E-state index contributed by atoms with van der Waals surface area (Å²) in [5.41, 5.74) is 2.15. The van der Waals surface area contributed by atoms with Gasteiger partial charge in [-0.05, 0) is 42.7 Å². The molecule has 1 aromatic heterocycles. The average Bonchev–Trinajstić information content (AvgIpc) is 3.19. The number of hydrogen-bond donors (Lipinski definition) is 2. The molecular formula is C20H28IN5O. The van der Waals surface area contributed by atoms with E-state index in [1.165, 1.54) is 0 Å². The minimum atomic E-state index is 0. The number of hydrogen-bond acceptors (Lipinski definition) is 2. The number of anilines is 1.